The number of carbonyl (C=O) groups excluding carboxylic acids is 5. The monoisotopic (exact) mass is 746 g/mol. The van der Waals surface area contributed by atoms with Crippen molar-refractivity contribution in [1.82, 2.24) is 20.0 Å². The molecule has 4 saturated heterocycles. The number of nitrogens with zero attached hydrogens (tertiary/aromatic N) is 5. The van der Waals surface area contributed by atoms with Crippen LogP contribution in [0.3, 0.4) is 0 Å². The van der Waals surface area contributed by atoms with Crippen molar-refractivity contribution in [3.8, 4) is 11.8 Å². The molecule has 12 nitrogen and oxygen atoms in total. The van der Waals surface area contributed by atoms with Gasteiger partial charge in [-0.25, -0.2) is 0 Å². The first-order chi connectivity index (χ1) is 26.1. The molecule has 6 heterocycles. The van der Waals surface area contributed by atoms with Crippen LogP contribution >= 0.6 is 11.6 Å². The Kier molecular flexibility index (Phi) is 8.66. The third kappa shape index (κ3) is 6.00. The molecule has 13 heteroatoms. The number of nitrogens with one attached hydrogen (secondary N) is 1. The number of rotatable bonds is 6. The van der Waals surface area contributed by atoms with Crippen LogP contribution in [0.25, 0.3) is 0 Å². The average molecular weight is 747 g/mol. The van der Waals surface area contributed by atoms with E-state index >= 15 is 0 Å². The van der Waals surface area contributed by atoms with Gasteiger partial charge in [-0.1, -0.05) is 11.6 Å². The molecule has 276 valence electrons. The molecule has 3 aromatic rings. The molecule has 0 spiro atoms. The molecule has 4 fully saturated rings. The van der Waals surface area contributed by atoms with Crippen molar-refractivity contribution in [2.24, 2.45) is 0 Å². The molecule has 3 unspecified atom stereocenters. The van der Waals surface area contributed by atoms with Crippen LogP contribution in [-0.4, -0.2) is 87.6 Å². The number of fused-ring (bicyclic) bond motifs is 4. The predicted molar refractivity (Wildman–Crippen MR) is 197 cm³/mol. The topological polar surface area (TPSA) is 143 Å². The van der Waals surface area contributed by atoms with E-state index < -0.39 is 29.7 Å². The summed E-state index contributed by atoms with van der Waals surface area (Å²) in [7, 11) is 0. The molecule has 6 aliphatic heterocycles. The van der Waals surface area contributed by atoms with Gasteiger partial charge in [0.25, 0.3) is 17.7 Å². The fourth-order valence-electron chi connectivity index (χ4n) is 9.54. The van der Waals surface area contributed by atoms with Crippen LogP contribution in [0.1, 0.15) is 99.1 Å². The van der Waals surface area contributed by atoms with Gasteiger partial charge < -0.3 is 14.5 Å². The number of ether oxygens (including phenoxy) is 1. The minimum absolute atomic E-state index is 0.0369. The molecule has 0 saturated carbocycles. The fraction of sp³-hybridized carbons (Fsp3) is 0.415. The van der Waals surface area contributed by atoms with Crippen molar-refractivity contribution in [1.29, 1.82) is 5.26 Å². The highest BCUT2D eigenvalue weighted by atomic mass is 35.5. The van der Waals surface area contributed by atoms with Crippen molar-refractivity contribution >= 4 is 46.8 Å². The third-order valence-corrected chi connectivity index (χ3v) is 12.6. The van der Waals surface area contributed by atoms with Crippen molar-refractivity contribution < 1.29 is 28.7 Å². The lowest BCUT2D eigenvalue weighted by Gasteiger charge is -2.40. The minimum atomic E-state index is -0.977. The Hall–Kier alpha value is -5.25. The van der Waals surface area contributed by atoms with Crippen LogP contribution in [0.4, 0.5) is 5.69 Å². The summed E-state index contributed by atoms with van der Waals surface area (Å²) in [6.45, 7) is 2.60. The van der Waals surface area contributed by atoms with E-state index in [1.165, 1.54) is 0 Å². The number of piperidine rings is 3. The second-order valence-corrected chi connectivity index (χ2v) is 15.8. The largest absolute Gasteiger partial charge is 0.490 e. The van der Waals surface area contributed by atoms with Crippen LogP contribution in [0, 0.1) is 11.3 Å². The van der Waals surface area contributed by atoms with Crippen molar-refractivity contribution in [3.05, 3.63) is 93.0 Å². The molecule has 3 atom stereocenters. The number of amides is 5. The summed E-state index contributed by atoms with van der Waals surface area (Å²) >= 11 is 6.23. The molecule has 0 aromatic heterocycles. The maximum Gasteiger partial charge on any atom is 0.262 e. The van der Waals surface area contributed by atoms with Gasteiger partial charge in [-0.2, -0.15) is 5.26 Å². The Balaban J connectivity index is 0.784. The summed E-state index contributed by atoms with van der Waals surface area (Å²) in [4.78, 5) is 72.1. The smallest absolute Gasteiger partial charge is 0.262 e. The van der Waals surface area contributed by atoms with Crippen LogP contribution in [0.2, 0.25) is 5.02 Å². The number of hydrogen-bond donors (Lipinski definition) is 1. The highest BCUT2D eigenvalue weighted by Crippen LogP contribution is 2.41. The first kappa shape index (κ1) is 34.5. The molecule has 2 bridgehead atoms. The molecule has 9 rings (SSSR count). The Bertz CT molecular complexity index is 2080. The second-order valence-electron chi connectivity index (χ2n) is 15.3. The molecular formula is C41H39ClN6O6. The number of carbonyl (C=O) groups is 5. The number of anilines is 1. The van der Waals surface area contributed by atoms with Gasteiger partial charge in [-0.15, -0.1) is 0 Å². The average Bonchev–Trinajstić information content (AvgIpc) is 3.79. The summed E-state index contributed by atoms with van der Waals surface area (Å²) < 4.78 is 6.31. The molecule has 1 N–H and O–H groups in total. The van der Waals surface area contributed by atoms with Gasteiger partial charge in [-0.3, -0.25) is 39.1 Å². The van der Waals surface area contributed by atoms with Crippen LogP contribution in [0.15, 0.2) is 54.6 Å². The van der Waals surface area contributed by atoms with Gasteiger partial charge in [0.2, 0.25) is 11.8 Å². The third-order valence-electron chi connectivity index (χ3n) is 12.2. The van der Waals surface area contributed by atoms with E-state index in [0.717, 1.165) is 60.2 Å². The summed E-state index contributed by atoms with van der Waals surface area (Å²) in [5, 5.41) is 11.8. The van der Waals surface area contributed by atoms with E-state index in [0.29, 0.717) is 71.3 Å². The normalized spacial score (nSPS) is 25.4. The zero-order valence-corrected chi connectivity index (χ0v) is 30.4. The number of likely N-dealkylation sites (tertiary alicyclic amines) is 1. The standard InChI is InChI=1S/C41H39ClN6O6/c42-35-19-31(8-3-24(35)20-43)54-32-17-29-6-7-30(18-32)47(29)28-4-1-23(2-5-28)39(51)45-13-11-27(12-14-45)46-21-25-15-33-34(16-26(25)22-46)41(53)48(40(33)52)36-9-10-37(49)44-38(36)50/h1-5,8,15-16,19,27,29-30,32,36H,6-7,9-14,17-18,21-22H2,(H,44,49,50). The fourth-order valence-corrected chi connectivity index (χ4v) is 9.76. The van der Waals surface area contributed by atoms with Gasteiger partial charge in [0, 0.05) is 80.9 Å². The quantitative estimate of drug-likeness (QED) is 0.352. The molecule has 6 aliphatic rings. The number of imide groups is 2. The maximum atomic E-state index is 13.6. The Morgan fingerprint density at radius 2 is 1.46 bits per heavy atom. The Labute approximate surface area is 317 Å². The molecular weight excluding hydrogens is 708 g/mol. The zero-order chi connectivity index (χ0) is 37.2. The zero-order valence-electron chi connectivity index (χ0n) is 29.6. The Morgan fingerprint density at radius 1 is 0.815 bits per heavy atom. The number of benzene rings is 3. The van der Waals surface area contributed by atoms with Gasteiger partial charge in [0.05, 0.1) is 21.7 Å². The van der Waals surface area contributed by atoms with Gasteiger partial charge in [-0.05, 0) is 91.8 Å². The van der Waals surface area contributed by atoms with Crippen molar-refractivity contribution in [2.45, 2.75) is 94.7 Å². The van der Waals surface area contributed by atoms with Crippen LogP contribution in [0.5, 0.6) is 5.75 Å². The molecule has 0 aliphatic carbocycles. The summed E-state index contributed by atoms with van der Waals surface area (Å²) in [6.07, 6.45) is 5.93. The molecule has 5 amide bonds. The summed E-state index contributed by atoms with van der Waals surface area (Å²) in [6, 6.07) is 19.0. The van der Waals surface area contributed by atoms with E-state index in [-0.39, 0.29) is 30.9 Å². The van der Waals surface area contributed by atoms with Gasteiger partial charge in [0.15, 0.2) is 0 Å². The van der Waals surface area contributed by atoms with E-state index in [4.69, 9.17) is 16.3 Å². The minimum Gasteiger partial charge on any atom is -0.490 e. The molecule has 0 radical (unpaired) electrons. The first-order valence-electron chi connectivity index (χ1n) is 18.8. The van der Waals surface area contributed by atoms with Crippen LogP contribution in [-0.2, 0) is 22.7 Å². The lowest BCUT2D eigenvalue weighted by Crippen LogP contribution is -2.54. The summed E-state index contributed by atoms with van der Waals surface area (Å²) in [5.41, 5.74) is 4.88. The van der Waals surface area contributed by atoms with Crippen molar-refractivity contribution in [3.63, 3.8) is 0 Å². The lowest BCUT2D eigenvalue weighted by molar-refractivity contribution is -0.136. The lowest BCUT2D eigenvalue weighted by atomic mass is 9.98. The summed E-state index contributed by atoms with van der Waals surface area (Å²) in [5.74, 6) is -1.25. The van der Waals surface area contributed by atoms with E-state index in [1.807, 2.05) is 23.1 Å². The highest BCUT2D eigenvalue weighted by Gasteiger charge is 2.46. The number of nitriles is 1. The van der Waals surface area contributed by atoms with Crippen molar-refractivity contribution in [2.75, 3.05) is 18.0 Å². The van der Waals surface area contributed by atoms with E-state index in [2.05, 4.69) is 33.3 Å². The van der Waals surface area contributed by atoms with Crippen LogP contribution < -0.4 is 15.0 Å². The molecule has 54 heavy (non-hydrogen) atoms. The Morgan fingerprint density at radius 3 is 2.06 bits per heavy atom. The SMILES string of the molecule is N#Cc1ccc(OC2CC3CCC(C2)N3c2ccc(C(=O)N3CCC(N4Cc5cc6c(cc5C4)C(=O)N(C4CCC(=O)NC4=O)C6=O)CC3)cc2)cc1Cl. The number of hydrogen-bond acceptors (Lipinski definition) is 9. The number of halogens is 1. The predicted octanol–water partition coefficient (Wildman–Crippen LogP) is 4.81. The maximum absolute atomic E-state index is 13.6. The van der Waals surface area contributed by atoms with Gasteiger partial charge >= 0.3 is 0 Å². The molecule has 3 aromatic carbocycles. The van der Waals surface area contributed by atoms with E-state index in [1.54, 1.807) is 24.3 Å². The van der Waals surface area contributed by atoms with E-state index in [9.17, 15) is 29.2 Å². The highest BCUT2D eigenvalue weighted by molar-refractivity contribution is 6.31. The van der Waals surface area contributed by atoms with Gasteiger partial charge in [0.1, 0.15) is 24.0 Å². The second kappa shape index (κ2) is 13.6. The first-order valence-corrected chi connectivity index (χ1v) is 19.2.